The molecule has 0 bridgehead atoms. The zero-order valence-electron chi connectivity index (χ0n) is 27.9. The second-order valence-electron chi connectivity index (χ2n) is 12.4. The van der Waals surface area contributed by atoms with E-state index in [0.29, 0.717) is 13.0 Å². The number of unbranched alkanes of at least 4 members (excludes halogenated alkanes) is 25. The van der Waals surface area contributed by atoms with Crippen molar-refractivity contribution in [3.8, 4) is 0 Å². The molecule has 0 rings (SSSR count). The standard InChI is InChI=1S/C18H38N2O.C18H36O2/c1-2-3-4-5-6-7-8-9-10-11-12-13-14-17(15-16-19)18(20)21;1-2-3-4-5-6-7-8-9-10-11-12-13-14-15-16-17-18(19)20/h17H,2-16,19H2,1H3,(H2,20,21);2-17H2,1H3,(H,19,20). The van der Waals surface area contributed by atoms with Crippen molar-refractivity contribution < 1.29 is 14.7 Å². The van der Waals surface area contributed by atoms with E-state index in [1.54, 1.807) is 0 Å². The Balaban J connectivity index is 0. The van der Waals surface area contributed by atoms with Crippen LogP contribution < -0.4 is 11.5 Å². The summed E-state index contributed by atoms with van der Waals surface area (Å²) >= 11 is 0. The lowest BCUT2D eigenvalue weighted by Gasteiger charge is -2.11. The number of nitrogens with two attached hydrogens (primary N) is 2. The van der Waals surface area contributed by atoms with E-state index in [-0.39, 0.29) is 11.8 Å². The first-order valence-corrected chi connectivity index (χ1v) is 18.2. The molecule has 1 atom stereocenters. The normalized spacial score (nSPS) is 11.7. The van der Waals surface area contributed by atoms with Crippen LogP contribution in [0.2, 0.25) is 0 Å². The molecule has 0 aliphatic heterocycles. The Morgan fingerprint density at radius 2 is 0.780 bits per heavy atom. The number of carboxylic acid groups (broad SMARTS) is 1. The van der Waals surface area contributed by atoms with Gasteiger partial charge in [-0.25, -0.2) is 0 Å². The molecule has 0 radical (unpaired) electrons. The molecule has 0 heterocycles. The molecule has 5 N–H and O–H groups in total. The van der Waals surface area contributed by atoms with Gasteiger partial charge in [0.05, 0.1) is 0 Å². The number of amides is 1. The highest BCUT2D eigenvalue weighted by Crippen LogP contribution is 2.16. The molecule has 0 fully saturated rings. The summed E-state index contributed by atoms with van der Waals surface area (Å²) in [4.78, 5) is 21.5. The molecule has 0 spiro atoms. The van der Waals surface area contributed by atoms with Crippen molar-refractivity contribution in [1.82, 2.24) is 0 Å². The van der Waals surface area contributed by atoms with Gasteiger partial charge in [0.15, 0.2) is 0 Å². The van der Waals surface area contributed by atoms with E-state index >= 15 is 0 Å². The van der Waals surface area contributed by atoms with Gasteiger partial charge in [0, 0.05) is 12.3 Å². The predicted octanol–water partition coefficient (Wildman–Crippen LogP) is 10.9. The molecule has 0 aromatic carbocycles. The van der Waals surface area contributed by atoms with Crippen LogP contribution in [-0.4, -0.2) is 23.5 Å². The number of carboxylic acids is 1. The molecule has 1 amide bonds. The summed E-state index contributed by atoms with van der Waals surface area (Å²) in [5.74, 6) is -0.832. The quantitative estimate of drug-likeness (QED) is 0.0685. The highest BCUT2D eigenvalue weighted by atomic mass is 16.4. The van der Waals surface area contributed by atoms with Crippen LogP contribution in [0.3, 0.4) is 0 Å². The van der Waals surface area contributed by atoms with Crippen molar-refractivity contribution in [3.05, 3.63) is 0 Å². The van der Waals surface area contributed by atoms with Crippen LogP contribution >= 0.6 is 0 Å². The van der Waals surface area contributed by atoms with Crippen LogP contribution in [0, 0.1) is 5.92 Å². The molecule has 5 heteroatoms. The van der Waals surface area contributed by atoms with Gasteiger partial charge in [0.2, 0.25) is 5.91 Å². The van der Waals surface area contributed by atoms with Crippen molar-refractivity contribution in [2.45, 2.75) is 206 Å². The average molecular weight is 583 g/mol. The summed E-state index contributed by atoms with van der Waals surface area (Å²) < 4.78 is 0. The summed E-state index contributed by atoms with van der Waals surface area (Å²) in [6.07, 6.45) is 38.0. The third kappa shape index (κ3) is 38.9. The van der Waals surface area contributed by atoms with Gasteiger partial charge >= 0.3 is 5.97 Å². The Kier molecular flexibility index (Phi) is 37.9. The Morgan fingerprint density at radius 1 is 0.488 bits per heavy atom. The fraction of sp³-hybridized carbons (Fsp3) is 0.944. The van der Waals surface area contributed by atoms with E-state index < -0.39 is 5.97 Å². The Hall–Kier alpha value is -1.10. The maximum absolute atomic E-state index is 11.2. The van der Waals surface area contributed by atoms with Crippen LogP contribution in [-0.2, 0) is 9.59 Å². The molecule has 0 aliphatic carbocycles. The molecule has 41 heavy (non-hydrogen) atoms. The average Bonchev–Trinajstić information content (AvgIpc) is 2.95. The van der Waals surface area contributed by atoms with Gasteiger partial charge in [0.1, 0.15) is 0 Å². The lowest BCUT2D eigenvalue weighted by atomic mass is 9.96. The van der Waals surface area contributed by atoms with Gasteiger partial charge in [-0.15, -0.1) is 0 Å². The van der Waals surface area contributed by atoms with Crippen molar-refractivity contribution in [2.75, 3.05) is 6.54 Å². The number of hydrogen-bond donors (Lipinski definition) is 3. The van der Waals surface area contributed by atoms with Crippen LogP contribution in [0.25, 0.3) is 0 Å². The van der Waals surface area contributed by atoms with Crippen LogP contribution in [0.1, 0.15) is 206 Å². The Labute approximate surface area is 256 Å². The van der Waals surface area contributed by atoms with Crippen LogP contribution in [0.15, 0.2) is 0 Å². The molecule has 5 nitrogen and oxygen atoms in total. The van der Waals surface area contributed by atoms with E-state index in [4.69, 9.17) is 16.6 Å². The first kappa shape index (κ1) is 42.0. The molecule has 0 saturated heterocycles. The highest BCUT2D eigenvalue weighted by Gasteiger charge is 2.13. The lowest BCUT2D eigenvalue weighted by Crippen LogP contribution is -2.25. The number of carbonyl (C=O) groups excluding carboxylic acids is 1. The van der Waals surface area contributed by atoms with Gasteiger partial charge in [-0.3, -0.25) is 9.59 Å². The summed E-state index contributed by atoms with van der Waals surface area (Å²) in [6, 6.07) is 0. The van der Waals surface area contributed by atoms with Crippen molar-refractivity contribution >= 4 is 11.9 Å². The fourth-order valence-electron chi connectivity index (χ4n) is 5.51. The van der Waals surface area contributed by atoms with E-state index in [1.165, 1.54) is 154 Å². The molecule has 246 valence electrons. The summed E-state index contributed by atoms with van der Waals surface area (Å²) in [6.45, 7) is 5.10. The monoisotopic (exact) mass is 583 g/mol. The molecular weight excluding hydrogens is 508 g/mol. The Bertz CT molecular complexity index is 527. The van der Waals surface area contributed by atoms with Crippen LogP contribution in [0.4, 0.5) is 0 Å². The largest absolute Gasteiger partial charge is 0.481 e. The van der Waals surface area contributed by atoms with Crippen molar-refractivity contribution in [3.63, 3.8) is 0 Å². The lowest BCUT2D eigenvalue weighted by molar-refractivity contribution is -0.137. The maximum Gasteiger partial charge on any atom is 0.303 e. The topological polar surface area (TPSA) is 106 Å². The second-order valence-corrected chi connectivity index (χ2v) is 12.4. The van der Waals surface area contributed by atoms with Gasteiger partial charge in [0.25, 0.3) is 0 Å². The minimum Gasteiger partial charge on any atom is -0.481 e. The minimum atomic E-state index is -0.653. The fourth-order valence-corrected chi connectivity index (χ4v) is 5.51. The number of carbonyl (C=O) groups is 2. The first-order chi connectivity index (χ1) is 20.0. The Morgan fingerprint density at radius 3 is 1.05 bits per heavy atom. The zero-order valence-corrected chi connectivity index (χ0v) is 27.9. The van der Waals surface area contributed by atoms with E-state index in [9.17, 15) is 9.59 Å². The van der Waals surface area contributed by atoms with E-state index in [0.717, 1.165) is 32.1 Å². The summed E-state index contributed by atoms with van der Waals surface area (Å²) in [5, 5.41) is 8.52. The summed E-state index contributed by atoms with van der Waals surface area (Å²) in [7, 11) is 0. The van der Waals surface area contributed by atoms with E-state index in [1.807, 2.05) is 0 Å². The minimum absolute atomic E-state index is 0.00174. The van der Waals surface area contributed by atoms with Gasteiger partial charge in [-0.1, -0.05) is 181 Å². The SMILES string of the molecule is CCCCCCCCCCCCCCC(CCN)C(N)=O.CCCCCCCCCCCCCCCCCC(=O)O. The second kappa shape index (κ2) is 36.9. The molecule has 0 aromatic heterocycles. The van der Waals surface area contributed by atoms with Crippen molar-refractivity contribution in [2.24, 2.45) is 17.4 Å². The molecule has 1 unspecified atom stereocenters. The van der Waals surface area contributed by atoms with Crippen LogP contribution in [0.5, 0.6) is 0 Å². The predicted molar refractivity (Wildman–Crippen MR) is 179 cm³/mol. The van der Waals surface area contributed by atoms with Crippen molar-refractivity contribution in [1.29, 1.82) is 0 Å². The number of aliphatic carboxylic acids is 1. The molecule has 0 aromatic rings. The maximum atomic E-state index is 11.2. The molecule has 0 aliphatic rings. The number of rotatable bonds is 32. The number of primary amides is 1. The number of hydrogen-bond acceptors (Lipinski definition) is 3. The highest BCUT2D eigenvalue weighted by molar-refractivity contribution is 5.76. The van der Waals surface area contributed by atoms with Gasteiger partial charge in [-0.05, 0) is 25.8 Å². The third-order valence-corrected chi connectivity index (χ3v) is 8.32. The summed E-state index contributed by atoms with van der Waals surface area (Å²) in [5.41, 5.74) is 10.9. The van der Waals surface area contributed by atoms with E-state index in [2.05, 4.69) is 13.8 Å². The molecule has 0 saturated carbocycles. The smallest absolute Gasteiger partial charge is 0.303 e. The van der Waals surface area contributed by atoms with Gasteiger partial charge < -0.3 is 16.6 Å². The third-order valence-electron chi connectivity index (χ3n) is 8.32. The first-order valence-electron chi connectivity index (χ1n) is 18.2. The molecular formula is C36H74N2O3. The zero-order chi connectivity index (χ0) is 30.7. The van der Waals surface area contributed by atoms with Gasteiger partial charge in [-0.2, -0.15) is 0 Å².